The van der Waals surface area contributed by atoms with Crippen molar-refractivity contribution >= 4 is 12.6 Å². The maximum Gasteiger partial charge on any atom is 0.489 e. The molecule has 0 radical (unpaired) electrons. The highest BCUT2D eigenvalue weighted by atomic mass is 16.4. The molecule has 82 valence electrons. The summed E-state index contributed by atoms with van der Waals surface area (Å²) in [6.45, 7) is 0. The Morgan fingerprint density at radius 2 is 1.31 bits per heavy atom. The van der Waals surface area contributed by atoms with E-state index in [9.17, 15) is 10.0 Å². The maximum atomic E-state index is 9.22. The van der Waals surface area contributed by atoms with Crippen molar-refractivity contribution in [2.75, 3.05) is 0 Å². The zero-order valence-electron chi connectivity index (χ0n) is 8.67. The van der Waals surface area contributed by atoms with E-state index < -0.39 is 7.12 Å². The number of hydrogen-bond acceptors (Lipinski definition) is 2. The Bertz CT molecular complexity index is 443. The largest absolute Gasteiger partial charge is 0.489 e. The van der Waals surface area contributed by atoms with Gasteiger partial charge in [0.25, 0.3) is 0 Å². The Hall–Kier alpha value is -1.62. The fourth-order valence-electron chi connectivity index (χ4n) is 1.60. The SMILES string of the molecule is O.OB(O)c1ccccc1-c1ccccc1. The van der Waals surface area contributed by atoms with E-state index in [4.69, 9.17) is 0 Å². The summed E-state index contributed by atoms with van der Waals surface area (Å²) in [5.74, 6) is 0. The predicted molar refractivity (Wildman–Crippen MR) is 65.3 cm³/mol. The first-order chi connectivity index (χ1) is 7.29. The molecule has 0 aromatic heterocycles. The lowest BCUT2D eigenvalue weighted by Gasteiger charge is -2.08. The third-order valence-electron chi connectivity index (χ3n) is 2.32. The van der Waals surface area contributed by atoms with Crippen molar-refractivity contribution < 1.29 is 15.5 Å². The van der Waals surface area contributed by atoms with Gasteiger partial charge in [-0.1, -0.05) is 54.6 Å². The van der Waals surface area contributed by atoms with Gasteiger partial charge in [-0.3, -0.25) is 0 Å². The van der Waals surface area contributed by atoms with E-state index in [1.54, 1.807) is 12.1 Å². The zero-order valence-corrected chi connectivity index (χ0v) is 8.67. The molecule has 0 spiro atoms. The quantitative estimate of drug-likeness (QED) is 0.704. The molecule has 0 amide bonds. The molecule has 4 heteroatoms. The van der Waals surface area contributed by atoms with E-state index in [2.05, 4.69) is 0 Å². The van der Waals surface area contributed by atoms with Gasteiger partial charge < -0.3 is 15.5 Å². The molecule has 0 fully saturated rings. The molecular weight excluding hydrogens is 203 g/mol. The summed E-state index contributed by atoms with van der Waals surface area (Å²) < 4.78 is 0. The van der Waals surface area contributed by atoms with Crippen LogP contribution in [-0.4, -0.2) is 22.6 Å². The van der Waals surface area contributed by atoms with Crippen molar-refractivity contribution in [3.8, 4) is 11.1 Å². The molecule has 0 aliphatic heterocycles. The summed E-state index contributed by atoms with van der Waals surface area (Å²) in [6.07, 6.45) is 0. The van der Waals surface area contributed by atoms with Gasteiger partial charge in [0.15, 0.2) is 0 Å². The molecule has 0 saturated heterocycles. The van der Waals surface area contributed by atoms with E-state index in [1.807, 2.05) is 42.5 Å². The molecule has 0 saturated carbocycles. The monoisotopic (exact) mass is 216 g/mol. The summed E-state index contributed by atoms with van der Waals surface area (Å²) in [4.78, 5) is 0. The molecular formula is C12H13BO3. The van der Waals surface area contributed by atoms with Crippen LogP contribution in [0.15, 0.2) is 54.6 Å². The van der Waals surface area contributed by atoms with Crippen LogP contribution in [0.3, 0.4) is 0 Å². The van der Waals surface area contributed by atoms with Crippen molar-refractivity contribution in [3.05, 3.63) is 54.6 Å². The zero-order chi connectivity index (χ0) is 10.7. The Morgan fingerprint density at radius 1 is 0.750 bits per heavy atom. The van der Waals surface area contributed by atoms with Crippen molar-refractivity contribution in [1.82, 2.24) is 0 Å². The summed E-state index contributed by atoms with van der Waals surface area (Å²) in [5.41, 5.74) is 2.37. The molecule has 4 N–H and O–H groups in total. The molecule has 0 bridgehead atoms. The van der Waals surface area contributed by atoms with Gasteiger partial charge in [0.1, 0.15) is 0 Å². The van der Waals surface area contributed by atoms with E-state index in [1.165, 1.54) is 0 Å². The Balaban J connectivity index is 0.00000128. The first-order valence-electron chi connectivity index (χ1n) is 4.79. The highest BCUT2D eigenvalue weighted by molar-refractivity contribution is 6.60. The topological polar surface area (TPSA) is 72.0 Å². The summed E-state index contributed by atoms with van der Waals surface area (Å²) in [7, 11) is -1.43. The number of benzene rings is 2. The maximum absolute atomic E-state index is 9.22. The average Bonchev–Trinajstić information content (AvgIpc) is 2.30. The van der Waals surface area contributed by atoms with Crippen molar-refractivity contribution in [3.63, 3.8) is 0 Å². The van der Waals surface area contributed by atoms with Crippen LogP contribution < -0.4 is 5.46 Å². The lowest BCUT2D eigenvalue weighted by atomic mass is 9.75. The van der Waals surface area contributed by atoms with E-state index >= 15 is 0 Å². The van der Waals surface area contributed by atoms with Gasteiger partial charge in [-0.05, 0) is 16.6 Å². The van der Waals surface area contributed by atoms with Gasteiger partial charge in [0.2, 0.25) is 0 Å². The second-order valence-electron chi connectivity index (χ2n) is 3.33. The number of rotatable bonds is 2. The van der Waals surface area contributed by atoms with Crippen molar-refractivity contribution in [1.29, 1.82) is 0 Å². The van der Waals surface area contributed by atoms with Crippen LogP contribution in [0.1, 0.15) is 0 Å². The summed E-state index contributed by atoms with van der Waals surface area (Å²) in [5, 5.41) is 18.4. The summed E-state index contributed by atoms with van der Waals surface area (Å²) >= 11 is 0. The van der Waals surface area contributed by atoms with Crippen LogP contribution in [-0.2, 0) is 0 Å². The average molecular weight is 216 g/mol. The van der Waals surface area contributed by atoms with Gasteiger partial charge in [0, 0.05) is 0 Å². The van der Waals surface area contributed by atoms with Gasteiger partial charge in [-0.15, -0.1) is 0 Å². The van der Waals surface area contributed by atoms with Crippen LogP contribution in [0.2, 0.25) is 0 Å². The van der Waals surface area contributed by atoms with Crippen molar-refractivity contribution in [2.24, 2.45) is 0 Å². The number of hydrogen-bond donors (Lipinski definition) is 2. The van der Waals surface area contributed by atoms with Gasteiger partial charge in [-0.2, -0.15) is 0 Å². The second-order valence-corrected chi connectivity index (χ2v) is 3.33. The molecule has 3 nitrogen and oxygen atoms in total. The first kappa shape index (κ1) is 12.5. The highest BCUT2D eigenvalue weighted by Gasteiger charge is 2.15. The Morgan fingerprint density at radius 3 is 1.94 bits per heavy atom. The van der Waals surface area contributed by atoms with Crippen LogP contribution in [0.4, 0.5) is 0 Å². The third-order valence-corrected chi connectivity index (χ3v) is 2.32. The first-order valence-corrected chi connectivity index (χ1v) is 4.79. The fourth-order valence-corrected chi connectivity index (χ4v) is 1.60. The lowest BCUT2D eigenvalue weighted by molar-refractivity contribution is 0.426. The van der Waals surface area contributed by atoms with Gasteiger partial charge >= 0.3 is 7.12 Å². The van der Waals surface area contributed by atoms with Crippen LogP contribution >= 0.6 is 0 Å². The Kier molecular flexibility index (Phi) is 4.25. The lowest BCUT2D eigenvalue weighted by Crippen LogP contribution is -2.31. The minimum atomic E-state index is -1.43. The molecule has 2 aromatic rings. The second kappa shape index (κ2) is 5.46. The smallest absolute Gasteiger partial charge is 0.423 e. The normalized spacial score (nSPS) is 9.38. The fraction of sp³-hybridized carbons (Fsp3) is 0. The van der Waals surface area contributed by atoms with E-state index in [0.29, 0.717) is 5.46 Å². The molecule has 0 unspecified atom stereocenters. The molecule has 0 heterocycles. The predicted octanol–water partition coefficient (Wildman–Crippen LogP) is 0.209. The van der Waals surface area contributed by atoms with Crippen molar-refractivity contribution in [2.45, 2.75) is 0 Å². The summed E-state index contributed by atoms with van der Waals surface area (Å²) in [6, 6.07) is 16.9. The standard InChI is InChI=1S/C12H11BO2.H2O/c14-13(15)12-9-5-4-8-11(12)10-6-2-1-3-7-10;/h1-9,14-15H;1H2. The minimum absolute atomic E-state index is 0. The Labute approximate surface area is 94.5 Å². The van der Waals surface area contributed by atoms with Crippen LogP contribution in [0, 0.1) is 0 Å². The molecule has 2 aromatic carbocycles. The minimum Gasteiger partial charge on any atom is -0.423 e. The molecule has 16 heavy (non-hydrogen) atoms. The van der Waals surface area contributed by atoms with E-state index in [0.717, 1.165) is 11.1 Å². The molecule has 0 atom stereocenters. The molecule has 0 aliphatic carbocycles. The van der Waals surface area contributed by atoms with Crippen LogP contribution in [0.25, 0.3) is 11.1 Å². The molecule has 0 aliphatic rings. The van der Waals surface area contributed by atoms with Gasteiger partial charge in [-0.25, -0.2) is 0 Å². The van der Waals surface area contributed by atoms with Gasteiger partial charge in [0.05, 0.1) is 0 Å². The van der Waals surface area contributed by atoms with Crippen LogP contribution in [0.5, 0.6) is 0 Å². The third kappa shape index (κ3) is 2.49. The highest BCUT2D eigenvalue weighted by Crippen LogP contribution is 2.16. The van der Waals surface area contributed by atoms with E-state index in [-0.39, 0.29) is 5.48 Å². The molecule has 2 rings (SSSR count).